The molecular formula is C23H39N3O5. The normalized spacial score (nSPS) is 14.6. The fourth-order valence-corrected chi connectivity index (χ4v) is 3.85. The van der Waals surface area contributed by atoms with Gasteiger partial charge < -0.3 is 24.1 Å². The second kappa shape index (κ2) is 13.5. The maximum Gasteiger partial charge on any atom is 0.340 e. The molecule has 0 unspecified atom stereocenters. The average molecular weight is 438 g/mol. The van der Waals surface area contributed by atoms with Crippen LogP contribution in [0.4, 0.5) is 0 Å². The highest BCUT2D eigenvalue weighted by Crippen LogP contribution is 2.21. The summed E-state index contributed by atoms with van der Waals surface area (Å²) in [5, 5.41) is 0. The molecule has 1 N–H and O–H groups in total. The second-order valence-corrected chi connectivity index (χ2v) is 8.06. The first kappa shape index (κ1) is 25.4. The molecule has 0 spiro atoms. The monoisotopic (exact) mass is 437 g/mol. The zero-order valence-corrected chi connectivity index (χ0v) is 19.6. The van der Waals surface area contributed by atoms with Gasteiger partial charge in [0.25, 0.3) is 5.91 Å². The van der Waals surface area contributed by atoms with Gasteiger partial charge in [-0.2, -0.15) is 0 Å². The van der Waals surface area contributed by atoms with E-state index < -0.39 is 5.97 Å². The van der Waals surface area contributed by atoms with Crippen molar-refractivity contribution in [3.8, 4) is 0 Å². The van der Waals surface area contributed by atoms with Crippen LogP contribution in [0.1, 0.15) is 64.7 Å². The molecule has 1 aromatic heterocycles. The van der Waals surface area contributed by atoms with Gasteiger partial charge in [-0.3, -0.25) is 9.69 Å². The molecule has 0 aromatic carbocycles. The number of nitrogens with zero attached hydrogens (tertiary/aromatic N) is 2. The Morgan fingerprint density at radius 2 is 1.84 bits per heavy atom. The van der Waals surface area contributed by atoms with Crippen molar-refractivity contribution in [3.05, 3.63) is 22.5 Å². The maximum absolute atomic E-state index is 13.4. The Kier molecular flexibility index (Phi) is 11.0. The van der Waals surface area contributed by atoms with Crippen molar-refractivity contribution in [2.75, 3.05) is 66.3 Å². The number of amides is 1. The van der Waals surface area contributed by atoms with Crippen molar-refractivity contribution in [1.82, 2.24) is 14.8 Å². The van der Waals surface area contributed by atoms with Crippen LogP contribution < -0.4 is 0 Å². The highest BCUT2D eigenvalue weighted by atomic mass is 16.6. The number of methoxy groups -OCH3 is 1. The topological polar surface area (TPSA) is 84.1 Å². The van der Waals surface area contributed by atoms with E-state index in [0.717, 1.165) is 52.1 Å². The van der Waals surface area contributed by atoms with Crippen molar-refractivity contribution >= 4 is 11.9 Å². The van der Waals surface area contributed by atoms with Crippen LogP contribution in [0, 0.1) is 13.8 Å². The summed E-state index contributed by atoms with van der Waals surface area (Å²) in [7, 11) is 1.56. The molecule has 0 aliphatic carbocycles. The number of nitrogens with one attached hydrogen (secondary N) is 1. The number of carbonyl (C=O) groups is 2. The molecule has 1 aliphatic heterocycles. The number of aromatic amines is 1. The lowest BCUT2D eigenvalue weighted by atomic mass is 10.1. The summed E-state index contributed by atoms with van der Waals surface area (Å²) in [5.41, 5.74) is 2.23. The number of carbonyl (C=O) groups excluding carboxylic acids is 2. The zero-order valence-electron chi connectivity index (χ0n) is 19.6. The Balaban J connectivity index is 2.10. The third-order valence-corrected chi connectivity index (χ3v) is 5.73. The van der Waals surface area contributed by atoms with Crippen LogP contribution in [0.2, 0.25) is 0 Å². The van der Waals surface area contributed by atoms with Crippen molar-refractivity contribution in [2.24, 2.45) is 0 Å². The van der Waals surface area contributed by atoms with Crippen LogP contribution in [-0.2, 0) is 14.2 Å². The molecule has 0 radical (unpaired) electrons. The molecule has 1 fully saturated rings. The number of hydrogen-bond donors (Lipinski definition) is 1. The van der Waals surface area contributed by atoms with Crippen molar-refractivity contribution in [2.45, 2.75) is 46.5 Å². The Morgan fingerprint density at radius 3 is 2.52 bits per heavy atom. The molecule has 8 nitrogen and oxygen atoms in total. The van der Waals surface area contributed by atoms with Gasteiger partial charge in [0.15, 0.2) is 0 Å². The highest BCUT2D eigenvalue weighted by Gasteiger charge is 2.26. The second-order valence-electron chi connectivity index (χ2n) is 8.06. The SMILES string of the molecule is CCCCCCN(CCN1CCOCC1)C(=O)c1[nH]c(C)c(C(=O)OCCOC)c1C. The predicted molar refractivity (Wildman–Crippen MR) is 120 cm³/mol. The molecule has 176 valence electrons. The minimum Gasteiger partial charge on any atom is -0.460 e. The van der Waals surface area contributed by atoms with E-state index in [1.54, 1.807) is 21.0 Å². The molecule has 31 heavy (non-hydrogen) atoms. The smallest absolute Gasteiger partial charge is 0.340 e. The number of aryl methyl sites for hydroxylation is 1. The van der Waals surface area contributed by atoms with E-state index in [1.165, 1.54) is 6.42 Å². The van der Waals surface area contributed by atoms with E-state index in [2.05, 4.69) is 16.8 Å². The lowest BCUT2D eigenvalue weighted by Crippen LogP contribution is -2.43. The fourth-order valence-electron chi connectivity index (χ4n) is 3.85. The van der Waals surface area contributed by atoms with Crippen molar-refractivity contribution < 1.29 is 23.8 Å². The Bertz CT molecular complexity index is 698. The molecule has 1 amide bonds. The fraction of sp³-hybridized carbons (Fsp3) is 0.739. The summed E-state index contributed by atoms with van der Waals surface area (Å²) >= 11 is 0. The molecule has 8 heteroatoms. The van der Waals surface area contributed by atoms with E-state index in [4.69, 9.17) is 14.2 Å². The van der Waals surface area contributed by atoms with E-state index >= 15 is 0 Å². The molecule has 0 saturated carbocycles. The first-order valence-electron chi connectivity index (χ1n) is 11.4. The largest absolute Gasteiger partial charge is 0.460 e. The summed E-state index contributed by atoms with van der Waals surface area (Å²) in [5.74, 6) is -0.480. The van der Waals surface area contributed by atoms with Gasteiger partial charge in [-0.1, -0.05) is 26.2 Å². The minimum absolute atomic E-state index is 0.0544. The Hall–Kier alpha value is -1.90. The van der Waals surface area contributed by atoms with Gasteiger partial charge in [0, 0.05) is 45.5 Å². The highest BCUT2D eigenvalue weighted by molar-refractivity contribution is 6.00. The van der Waals surface area contributed by atoms with Crippen LogP contribution in [-0.4, -0.2) is 92.9 Å². The Labute approximate surface area is 186 Å². The zero-order chi connectivity index (χ0) is 22.6. The van der Waals surface area contributed by atoms with Gasteiger partial charge in [-0.05, 0) is 25.8 Å². The molecular weight excluding hydrogens is 398 g/mol. The van der Waals surface area contributed by atoms with Crippen molar-refractivity contribution in [1.29, 1.82) is 0 Å². The van der Waals surface area contributed by atoms with E-state index in [-0.39, 0.29) is 12.5 Å². The maximum atomic E-state index is 13.4. The lowest BCUT2D eigenvalue weighted by Gasteiger charge is -2.30. The number of rotatable bonds is 13. The van der Waals surface area contributed by atoms with Gasteiger partial charge in [0.1, 0.15) is 12.3 Å². The molecule has 2 heterocycles. The van der Waals surface area contributed by atoms with Gasteiger partial charge >= 0.3 is 5.97 Å². The summed E-state index contributed by atoms with van der Waals surface area (Å²) < 4.78 is 15.6. The number of H-pyrrole nitrogens is 1. The molecule has 0 atom stereocenters. The first-order valence-corrected chi connectivity index (χ1v) is 11.4. The molecule has 1 aromatic rings. The summed E-state index contributed by atoms with van der Waals surface area (Å²) in [4.78, 5) is 33.3. The third-order valence-electron chi connectivity index (χ3n) is 5.73. The molecule has 1 saturated heterocycles. The average Bonchev–Trinajstić information content (AvgIpc) is 3.07. The Morgan fingerprint density at radius 1 is 1.10 bits per heavy atom. The van der Waals surface area contributed by atoms with Crippen LogP contribution >= 0.6 is 0 Å². The molecule has 1 aliphatic rings. The quantitative estimate of drug-likeness (QED) is 0.377. The first-order chi connectivity index (χ1) is 15.0. The van der Waals surface area contributed by atoms with Crippen LogP contribution in [0.5, 0.6) is 0 Å². The number of unbranched alkanes of at least 4 members (excludes halogenated alkanes) is 3. The summed E-state index contributed by atoms with van der Waals surface area (Å²) in [6, 6.07) is 0. The number of morpholine rings is 1. The van der Waals surface area contributed by atoms with E-state index in [0.29, 0.717) is 42.2 Å². The van der Waals surface area contributed by atoms with Gasteiger partial charge in [-0.15, -0.1) is 0 Å². The number of aromatic nitrogens is 1. The summed E-state index contributed by atoms with van der Waals surface area (Å²) in [6.45, 7) is 11.8. The van der Waals surface area contributed by atoms with Gasteiger partial charge in [0.2, 0.25) is 0 Å². The van der Waals surface area contributed by atoms with Crippen LogP contribution in [0.15, 0.2) is 0 Å². The van der Waals surface area contributed by atoms with Gasteiger partial charge in [0.05, 0.1) is 25.4 Å². The molecule has 0 bridgehead atoms. The van der Waals surface area contributed by atoms with Crippen LogP contribution in [0.3, 0.4) is 0 Å². The minimum atomic E-state index is -0.426. The molecule has 2 rings (SSSR count). The number of esters is 1. The number of ether oxygens (including phenoxy) is 3. The summed E-state index contributed by atoms with van der Waals surface area (Å²) in [6.07, 6.45) is 4.42. The third kappa shape index (κ3) is 7.63. The van der Waals surface area contributed by atoms with Crippen molar-refractivity contribution in [3.63, 3.8) is 0 Å². The standard InChI is InChI=1S/C23H39N3O5/c1-5-6-7-8-9-26(11-10-25-12-14-30-15-13-25)22(27)21-18(2)20(19(3)24-21)23(28)31-17-16-29-4/h24H,5-17H2,1-4H3. The van der Waals surface area contributed by atoms with E-state index in [9.17, 15) is 9.59 Å². The lowest BCUT2D eigenvalue weighted by molar-refractivity contribution is 0.0323. The van der Waals surface area contributed by atoms with Gasteiger partial charge in [-0.25, -0.2) is 4.79 Å². The van der Waals surface area contributed by atoms with Crippen LogP contribution in [0.25, 0.3) is 0 Å². The van der Waals surface area contributed by atoms with E-state index in [1.807, 2.05) is 4.90 Å². The predicted octanol–water partition coefficient (Wildman–Crippen LogP) is 2.79. The number of hydrogen-bond acceptors (Lipinski definition) is 6.